The normalized spacial score (nSPS) is 10.8. The molecular weight excluding hydrogens is 152 g/mol. The number of hydrogen-bond donors (Lipinski definition) is 0. The van der Waals surface area contributed by atoms with E-state index in [0.717, 1.165) is 0 Å². The van der Waals surface area contributed by atoms with Gasteiger partial charge in [0.05, 0.1) is 25.7 Å². The van der Waals surface area contributed by atoms with Gasteiger partial charge in [-0.15, -0.1) is 0 Å². The summed E-state index contributed by atoms with van der Waals surface area (Å²) in [5, 5.41) is 19.9. The first-order valence-electron chi connectivity index (χ1n) is 3.60. The van der Waals surface area contributed by atoms with Gasteiger partial charge in [-0.1, -0.05) is 0 Å². The molecule has 0 aliphatic carbocycles. The second kappa shape index (κ2) is 2.94. The van der Waals surface area contributed by atoms with Gasteiger partial charge in [0.1, 0.15) is 5.69 Å². The zero-order chi connectivity index (χ0) is 9.19. The Kier molecular flexibility index (Phi) is 2.13. The van der Waals surface area contributed by atoms with Crippen LogP contribution in [0.5, 0.6) is 0 Å². The number of quaternary nitrogens is 1. The van der Waals surface area contributed by atoms with Gasteiger partial charge in [0.25, 0.3) is 0 Å². The first-order valence-corrected chi connectivity index (χ1v) is 3.60. The van der Waals surface area contributed by atoms with Crippen molar-refractivity contribution in [1.82, 2.24) is 4.65 Å². The van der Waals surface area contributed by atoms with Gasteiger partial charge in [0.15, 0.2) is 0 Å². The van der Waals surface area contributed by atoms with E-state index in [1.54, 1.807) is 38.4 Å². The van der Waals surface area contributed by atoms with Crippen molar-refractivity contribution in [2.45, 2.75) is 0 Å². The van der Waals surface area contributed by atoms with Crippen LogP contribution in [0.15, 0.2) is 24.3 Å². The Labute approximate surface area is 71.6 Å². The van der Waals surface area contributed by atoms with Crippen LogP contribution in [-0.4, -0.2) is 14.1 Å². The summed E-state index contributed by atoms with van der Waals surface area (Å²) in [6, 6.07) is 8.63. The van der Waals surface area contributed by atoms with E-state index in [1.165, 1.54) is 0 Å². The van der Waals surface area contributed by atoms with Crippen molar-refractivity contribution < 1.29 is 0 Å². The van der Waals surface area contributed by atoms with E-state index < -0.39 is 4.65 Å². The predicted molar refractivity (Wildman–Crippen MR) is 48.2 cm³/mol. The molecule has 1 rings (SSSR count). The fourth-order valence-corrected chi connectivity index (χ4v) is 0.895. The van der Waals surface area contributed by atoms with E-state index in [0.29, 0.717) is 11.3 Å². The second-order valence-electron chi connectivity index (χ2n) is 3.01. The van der Waals surface area contributed by atoms with Gasteiger partial charge in [0, 0.05) is 12.1 Å². The Bertz CT molecular complexity index is 303. The van der Waals surface area contributed by atoms with E-state index in [4.69, 9.17) is 5.26 Å². The van der Waals surface area contributed by atoms with Gasteiger partial charge in [-0.25, -0.2) is 0 Å². The lowest BCUT2D eigenvalue weighted by molar-refractivity contribution is 0.543. The third-order valence-corrected chi connectivity index (χ3v) is 1.62. The highest BCUT2D eigenvalue weighted by Gasteiger charge is 2.05. The van der Waals surface area contributed by atoms with E-state index >= 15 is 0 Å². The van der Waals surface area contributed by atoms with Crippen molar-refractivity contribution in [3.63, 3.8) is 0 Å². The third kappa shape index (κ3) is 1.82. The molecule has 62 valence electrons. The van der Waals surface area contributed by atoms with E-state index in [2.05, 4.69) is 0 Å². The van der Waals surface area contributed by atoms with Gasteiger partial charge < -0.3 is 9.85 Å². The van der Waals surface area contributed by atoms with Crippen molar-refractivity contribution in [2.24, 2.45) is 0 Å². The summed E-state index contributed by atoms with van der Waals surface area (Å²) in [6.07, 6.45) is 0. The molecule has 0 aromatic heterocycles. The number of nitrogens with zero attached hydrogens (tertiary/aromatic N) is 2. The molecule has 0 saturated carbocycles. The van der Waals surface area contributed by atoms with Gasteiger partial charge in [-0.2, -0.15) is 5.26 Å². The summed E-state index contributed by atoms with van der Waals surface area (Å²) >= 11 is 0. The summed E-state index contributed by atoms with van der Waals surface area (Å²) in [4.78, 5) is 0. The molecule has 0 aliphatic rings. The van der Waals surface area contributed by atoms with Crippen LogP contribution in [0.2, 0.25) is 0 Å². The van der Waals surface area contributed by atoms with Crippen LogP contribution >= 0.6 is 0 Å². The molecule has 0 radical (unpaired) electrons. The smallest absolute Gasteiger partial charge is 0.132 e. The standard InChI is InChI=1S/C9H10N2O/c1-11(2,12)9-5-3-8(7-10)4-6-9/h3-6H,1-2H3. The molecule has 0 atom stereocenters. The molecule has 0 amide bonds. The minimum absolute atomic E-state index is 0.467. The molecule has 1 aromatic rings. The van der Waals surface area contributed by atoms with Crippen LogP contribution in [-0.2, 0) is 0 Å². The lowest BCUT2D eigenvalue weighted by atomic mass is 10.2. The van der Waals surface area contributed by atoms with Crippen molar-refractivity contribution in [2.75, 3.05) is 14.1 Å². The summed E-state index contributed by atoms with van der Waals surface area (Å²) in [5.74, 6) is 0. The highest BCUT2D eigenvalue weighted by molar-refractivity contribution is 5.46. The molecule has 0 aliphatic heterocycles. The molecule has 3 nitrogen and oxygen atoms in total. The van der Waals surface area contributed by atoms with Crippen LogP contribution in [0.4, 0.5) is 5.69 Å². The molecule has 0 fully saturated rings. The minimum atomic E-state index is -0.467. The lowest BCUT2D eigenvalue weighted by Gasteiger charge is -2.32. The van der Waals surface area contributed by atoms with E-state index in [9.17, 15) is 5.21 Å². The van der Waals surface area contributed by atoms with Crippen LogP contribution in [0.1, 0.15) is 5.56 Å². The van der Waals surface area contributed by atoms with Crippen LogP contribution in [0.25, 0.3) is 0 Å². The van der Waals surface area contributed by atoms with Crippen LogP contribution in [0.3, 0.4) is 0 Å². The van der Waals surface area contributed by atoms with Crippen molar-refractivity contribution in [1.29, 1.82) is 5.26 Å². The fraction of sp³-hybridized carbons (Fsp3) is 0.222. The number of hydroxylamine groups is 2. The van der Waals surface area contributed by atoms with Crippen molar-refractivity contribution >= 4 is 5.69 Å². The monoisotopic (exact) mass is 162 g/mol. The van der Waals surface area contributed by atoms with Gasteiger partial charge in [0.2, 0.25) is 0 Å². The lowest BCUT2D eigenvalue weighted by Crippen LogP contribution is -2.32. The SMILES string of the molecule is C[N+](C)([O-])c1ccc(C#N)cc1. The molecule has 3 heteroatoms. The Morgan fingerprint density at radius 2 is 1.75 bits per heavy atom. The summed E-state index contributed by atoms with van der Waals surface area (Å²) in [6.45, 7) is 0. The molecule has 12 heavy (non-hydrogen) atoms. The van der Waals surface area contributed by atoms with Crippen LogP contribution < -0.4 is 4.65 Å². The quantitative estimate of drug-likeness (QED) is 0.465. The average Bonchev–Trinajstić information content (AvgIpc) is 2.03. The van der Waals surface area contributed by atoms with E-state index in [-0.39, 0.29) is 0 Å². The molecule has 0 unspecified atom stereocenters. The maximum Gasteiger partial charge on any atom is 0.132 e. The third-order valence-electron chi connectivity index (χ3n) is 1.62. The molecule has 1 aromatic carbocycles. The Morgan fingerprint density at radius 3 is 2.08 bits per heavy atom. The van der Waals surface area contributed by atoms with Crippen molar-refractivity contribution in [3.05, 3.63) is 35.0 Å². The summed E-state index contributed by atoms with van der Waals surface area (Å²) in [5.41, 5.74) is 1.22. The summed E-state index contributed by atoms with van der Waals surface area (Å²) in [7, 11) is 3.09. The number of hydrogen-bond acceptors (Lipinski definition) is 2. The molecule has 0 saturated heterocycles. The van der Waals surface area contributed by atoms with Gasteiger partial charge in [-0.05, 0) is 12.1 Å². The maximum absolute atomic E-state index is 11.4. The predicted octanol–water partition coefficient (Wildman–Crippen LogP) is 1.62. The molecule has 0 spiro atoms. The first-order chi connectivity index (χ1) is 5.54. The Morgan fingerprint density at radius 1 is 1.25 bits per heavy atom. The van der Waals surface area contributed by atoms with Gasteiger partial charge in [-0.3, -0.25) is 0 Å². The molecule has 0 N–H and O–H groups in total. The number of benzene rings is 1. The zero-order valence-corrected chi connectivity index (χ0v) is 7.11. The summed E-state index contributed by atoms with van der Waals surface area (Å²) < 4.78 is -0.467. The van der Waals surface area contributed by atoms with Crippen LogP contribution in [0, 0.1) is 16.5 Å². The molecule has 0 bridgehead atoms. The van der Waals surface area contributed by atoms with Gasteiger partial charge >= 0.3 is 0 Å². The molecular formula is C9H10N2O. The minimum Gasteiger partial charge on any atom is -0.628 e. The zero-order valence-electron chi connectivity index (χ0n) is 7.11. The van der Waals surface area contributed by atoms with E-state index in [1.807, 2.05) is 6.07 Å². The van der Waals surface area contributed by atoms with Crippen molar-refractivity contribution in [3.8, 4) is 6.07 Å². The second-order valence-corrected chi connectivity index (χ2v) is 3.01. The highest BCUT2D eigenvalue weighted by Crippen LogP contribution is 2.17. The topological polar surface area (TPSA) is 46.8 Å². The first kappa shape index (κ1) is 8.72. The Balaban J connectivity index is 3.02. The largest absolute Gasteiger partial charge is 0.628 e. The maximum atomic E-state index is 11.4. The fourth-order valence-electron chi connectivity index (χ4n) is 0.895. The number of nitriles is 1. The molecule has 0 heterocycles. The number of rotatable bonds is 1. The highest BCUT2D eigenvalue weighted by atomic mass is 16.5. The Hall–Kier alpha value is -1.37. The average molecular weight is 162 g/mol.